The van der Waals surface area contributed by atoms with Crippen LogP contribution in [0.5, 0.6) is 5.75 Å². The third-order valence-corrected chi connectivity index (χ3v) is 7.98. The van der Waals surface area contributed by atoms with Gasteiger partial charge in [-0.05, 0) is 68.1 Å². The molecule has 1 aliphatic rings. The highest BCUT2D eigenvalue weighted by Gasteiger charge is 2.29. The molecule has 0 radical (unpaired) electrons. The Bertz CT molecular complexity index is 1440. The number of nitrogens with one attached hydrogen (secondary N) is 3. The zero-order valence-corrected chi connectivity index (χ0v) is 21.3. The molecule has 3 N–H and O–H groups in total. The molecule has 0 bridgehead atoms. The van der Waals surface area contributed by atoms with Crippen molar-refractivity contribution >= 4 is 32.7 Å². The number of fused-ring (bicyclic) bond motifs is 1. The van der Waals surface area contributed by atoms with Crippen LogP contribution in [0.2, 0.25) is 0 Å². The number of methoxy groups -OCH3 is 1. The molecule has 0 unspecified atom stereocenters. The van der Waals surface area contributed by atoms with Gasteiger partial charge in [-0.25, -0.2) is 18.1 Å². The van der Waals surface area contributed by atoms with Crippen LogP contribution in [-0.4, -0.2) is 41.7 Å². The lowest BCUT2D eigenvalue weighted by molar-refractivity contribution is 0.317. The van der Waals surface area contributed by atoms with Crippen LogP contribution in [0.15, 0.2) is 51.8 Å². The molecule has 10 nitrogen and oxygen atoms in total. The Balaban J connectivity index is 1.23. The molecule has 0 spiro atoms. The predicted molar refractivity (Wildman–Crippen MR) is 136 cm³/mol. The van der Waals surface area contributed by atoms with Crippen molar-refractivity contribution in [1.29, 1.82) is 0 Å². The van der Waals surface area contributed by atoms with Crippen molar-refractivity contribution in [3.05, 3.63) is 54.2 Å². The monoisotopic (exact) mass is 510 g/mol. The topological polar surface area (TPSA) is 135 Å². The maximum absolute atomic E-state index is 13.1. The third kappa shape index (κ3) is 5.21. The number of aromatic amines is 1. The Kier molecular flexibility index (Phi) is 6.67. The molecule has 5 rings (SSSR count). The summed E-state index contributed by atoms with van der Waals surface area (Å²) in [6.45, 7) is 4.03. The summed E-state index contributed by atoms with van der Waals surface area (Å²) in [5.41, 5.74) is 2.14. The van der Waals surface area contributed by atoms with Gasteiger partial charge < -0.3 is 19.5 Å². The Morgan fingerprint density at radius 1 is 1.06 bits per heavy atom. The van der Waals surface area contributed by atoms with Gasteiger partial charge in [-0.3, -0.25) is 0 Å². The highest BCUT2D eigenvalue weighted by atomic mass is 32.2. The molecule has 1 fully saturated rings. The number of aromatic nitrogens is 4. The van der Waals surface area contributed by atoms with E-state index in [2.05, 4.69) is 30.2 Å². The number of ether oxygens (including phenoxy) is 1. The smallest absolute Gasteiger partial charge is 0.240 e. The molecule has 11 heteroatoms. The molecule has 4 aromatic rings. The SMILES string of the molecule is COc1ccc(Nc2nc3cc(S(=O)(=O)NC4CCC(c5nnc(C(C)C)o5)CC4)ccc3[nH]2)cc1. The van der Waals surface area contributed by atoms with Gasteiger partial charge in [0.15, 0.2) is 0 Å². The van der Waals surface area contributed by atoms with E-state index in [1.807, 2.05) is 38.1 Å². The summed E-state index contributed by atoms with van der Waals surface area (Å²) in [6, 6.07) is 12.2. The van der Waals surface area contributed by atoms with E-state index in [4.69, 9.17) is 9.15 Å². The fourth-order valence-electron chi connectivity index (χ4n) is 4.41. The predicted octanol–water partition coefficient (Wildman–Crippen LogP) is 4.83. The summed E-state index contributed by atoms with van der Waals surface area (Å²) >= 11 is 0. The summed E-state index contributed by atoms with van der Waals surface area (Å²) in [4.78, 5) is 7.88. The fraction of sp³-hybridized carbons (Fsp3) is 0.400. The molecule has 1 aliphatic carbocycles. The molecule has 2 heterocycles. The van der Waals surface area contributed by atoms with Crippen molar-refractivity contribution in [3.8, 4) is 5.75 Å². The molecule has 0 atom stereocenters. The Labute approximate surface area is 209 Å². The van der Waals surface area contributed by atoms with E-state index in [0.717, 1.165) is 29.8 Å². The first kappa shape index (κ1) is 24.3. The van der Waals surface area contributed by atoms with E-state index < -0.39 is 10.0 Å². The Hall–Kier alpha value is -3.44. The van der Waals surface area contributed by atoms with Crippen LogP contribution >= 0.6 is 0 Å². The van der Waals surface area contributed by atoms with Gasteiger partial charge in [-0.2, -0.15) is 0 Å². The minimum absolute atomic E-state index is 0.138. The lowest BCUT2D eigenvalue weighted by Crippen LogP contribution is -2.37. The first-order valence-electron chi connectivity index (χ1n) is 12.1. The molecular weight excluding hydrogens is 480 g/mol. The van der Waals surface area contributed by atoms with Crippen molar-refractivity contribution in [2.24, 2.45) is 0 Å². The number of nitrogens with zero attached hydrogens (tertiary/aromatic N) is 3. The average molecular weight is 511 g/mol. The lowest BCUT2D eigenvalue weighted by atomic mass is 9.86. The van der Waals surface area contributed by atoms with Crippen molar-refractivity contribution in [2.45, 2.75) is 62.3 Å². The molecule has 1 saturated carbocycles. The van der Waals surface area contributed by atoms with Crippen LogP contribution in [-0.2, 0) is 10.0 Å². The van der Waals surface area contributed by atoms with Gasteiger partial charge in [0.25, 0.3) is 0 Å². The summed E-state index contributed by atoms with van der Waals surface area (Å²) in [6.07, 6.45) is 3.02. The largest absolute Gasteiger partial charge is 0.497 e. The van der Waals surface area contributed by atoms with E-state index in [1.54, 1.807) is 25.3 Å². The van der Waals surface area contributed by atoms with Crippen molar-refractivity contribution < 1.29 is 17.6 Å². The third-order valence-electron chi connectivity index (χ3n) is 6.47. The number of hydrogen-bond acceptors (Lipinski definition) is 8. The Morgan fingerprint density at radius 2 is 1.81 bits per heavy atom. The molecule has 0 aliphatic heterocycles. The zero-order valence-electron chi connectivity index (χ0n) is 20.5. The second-order valence-electron chi connectivity index (χ2n) is 9.42. The number of H-pyrrole nitrogens is 1. The first-order chi connectivity index (χ1) is 17.3. The van der Waals surface area contributed by atoms with Crippen LogP contribution in [0.25, 0.3) is 11.0 Å². The first-order valence-corrected chi connectivity index (χ1v) is 13.6. The number of sulfonamides is 1. The lowest BCUT2D eigenvalue weighted by Gasteiger charge is -2.27. The highest BCUT2D eigenvalue weighted by Crippen LogP contribution is 2.33. The van der Waals surface area contributed by atoms with Gasteiger partial charge in [-0.15, -0.1) is 10.2 Å². The van der Waals surface area contributed by atoms with E-state index in [0.29, 0.717) is 36.1 Å². The maximum atomic E-state index is 13.1. The summed E-state index contributed by atoms with van der Waals surface area (Å²) in [7, 11) is -2.07. The van der Waals surface area contributed by atoms with Crippen LogP contribution in [0.1, 0.15) is 63.1 Å². The van der Waals surface area contributed by atoms with Crippen LogP contribution in [0.3, 0.4) is 0 Å². The van der Waals surface area contributed by atoms with Crippen molar-refractivity contribution in [2.75, 3.05) is 12.4 Å². The number of rotatable bonds is 8. The van der Waals surface area contributed by atoms with E-state index in [-0.39, 0.29) is 22.8 Å². The average Bonchev–Trinajstić information content (AvgIpc) is 3.51. The highest BCUT2D eigenvalue weighted by molar-refractivity contribution is 7.89. The molecule has 2 aromatic heterocycles. The van der Waals surface area contributed by atoms with Gasteiger partial charge in [0.2, 0.25) is 27.8 Å². The van der Waals surface area contributed by atoms with E-state index >= 15 is 0 Å². The second kappa shape index (κ2) is 9.90. The molecule has 190 valence electrons. The number of imidazole rings is 1. The van der Waals surface area contributed by atoms with Crippen molar-refractivity contribution in [1.82, 2.24) is 24.9 Å². The molecule has 0 saturated heterocycles. The fourth-order valence-corrected chi connectivity index (χ4v) is 5.74. The molecule has 2 aromatic carbocycles. The van der Waals surface area contributed by atoms with Crippen LogP contribution < -0.4 is 14.8 Å². The second-order valence-corrected chi connectivity index (χ2v) is 11.1. The molecular formula is C25H30N6O4S. The normalized spacial score (nSPS) is 18.6. The van der Waals surface area contributed by atoms with E-state index in [1.165, 1.54) is 0 Å². The summed E-state index contributed by atoms with van der Waals surface area (Å²) in [5.74, 6) is 2.94. The van der Waals surface area contributed by atoms with Gasteiger partial charge in [0.1, 0.15) is 5.75 Å². The van der Waals surface area contributed by atoms with Gasteiger partial charge >= 0.3 is 0 Å². The minimum atomic E-state index is -3.69. The van der Waals surface area contributed by atoms with Gasteiger partial charge in [0.05, 0.1) is 23.0 Å². The quantitative estimate of drug-likeness (QED) is 0.307. The summed E-state index contributed by atoms with van der Waals surface area (Å²) < 4.78 is 40.1. The molecule has 0 amide bonds. The zero-order chi connectivity index (χ0) is 25.3. The van der Waals surface area contributed by atoms with Crippen molar-refractivity contribution in [3.63, 3.8) is 0 Å². The maximum Gasteiger partial charge on any atom is 0.240 e. The van der Waals surface area contributed by atoms with Gasteiger partial charge in [0, 0.05) is 23.6 Å². The standard InChI is InChI=1S/C25H30N6O4S/c1-15(2)23-29-30-24(35-23)16-4-6-18(7-5-16)31-36(32,33)20-12-13-21-22(14-20)28-25(27-21)26-17-8-10-19(34-3)11-9-17/h8-16,18,31H,4-7H2,1-3H3,(H2,26,27,28). The summed E-state index contributed by atoms with van der Waals surface area (Å²) in [5, 5.41) is 11.5. The number of benzene rings is 2. The minimum Gasteiger partial charge on any atom is -0.497 e. The molecule has 36 heavy (non-hydrogen) atoms. The number of hydrogen-bond donors (Lipinski definition) is 3. The van der Waals surface area contributed by atoms with Gasteiger partial charge in [-0.1, -0.05) is 13.8 Å². The van der Waals surface area contributed by atoms with Crippen LogP contribution in [0, 0.1) is 0 Å². The number of anilines is 2. The van der Waals surface area contributed by atoms with E-state index in [9.17, 15) is 8.42 Å². The van der Waals surface area contributed by atoms with Crippen LogP contribution in [0.4, 0.5) is 11.6 Å². The Morgan fingerprint density at radius 3 is 2.47 bits per heavy atom.